The highest BCUT2D eigenvalue weighted by molar-refractivity contribution is 6.31. The van der Waals surface area contributed by atoms with Crippen molar-refractivity contribution in [1.82, 2.24) is 28.9 Å². The molecule has 2 aromatic carbocycles. The fraction of sp³-hybridized carbons (Fsp3) is 0.364. The Bertz CT molecular complexity index is 1770. The molecule has 0 spiro atoms. The van der Waals surface area contributed by atoms with Crippen LogP contribution in [-0.2, 0) is 11.3 Å². The third kappa shape index (κ3) is 4.82. The number of piperazine rings is 1. The number of nitrogens with zero attached hydrogens (tertiary/aromatic N) is 6. The quantitative estimate of drug-likeness (QED) is 0.266. The number of hydrogen-bond donors (Lipinski definition) is 1. The summed E-state index contributed by atoms with van der Waals surface area (Å²) in [5.41, 5.74) is 11.8. The number of fused-ring (bicyclic) bond motifs is 2. The molecule has 7 rings (SSSR count). The van der Waals surface area contributed by atoms with Crippen LogP contribution >= 0.6 is 11.6 Å². The molecule has 1 aliphatic heterocycles. The zero-order valence-electron chi connectivity index (χ0n) is 23.9. The van der Waals surface area contributed by atoms with Crippen molar-refractivity contribution >= 4 is 45.3 Å². The minimum atomic E-state index is 0.260. The summed E-state index contributed by atoms with van der Waals surface area (Å²) in [7, 11) is 0. The Morgan fingerprint density at radius 2 is 1.81 bits per heavy atom. The van der Waals surface area contributed by atoms with Crippen LogP contribution in [0.4, 0.5) is 5.82 Å². The second kappa shape index (κ2) is 11.1. The molecule has 1 saturated carbocycles. The van der Waals surface area contributed by atoms with E-state index in [0.29, 0.717) is 31.0 Å². The van der Waals surface area contributed by atoms with Crippen molar-refractivity contribution in [3.63, 3.8) is 0 Å². The van der Waals surface area contributed by atoms with Gasteiger partial charge in [-0.1, -0.05) is 35.9 Å². The van der Waals surface area contributed by atoms with Gasteiger partial charge in [-0.15, -0.1) is 0 Å². The number of hydrogen-bond acceptors (Lipinski definition) is 5. The fourth-order valence-electron chi connectivity index (χ4n) is 7.00. The monoisotopic (exact) mass is 581 g/mol. The van der Waals surface area contributed by atoms with E-state index in [1.165, 1.54) is 0 Å². The van der Waals surface area contributed by atoms with Gasteiger partial charge in [0.25, 0.3) is 0 Å². The van der Waals surface area contributed by atoms with Gasteiger partial charge in [-0.3, -0.25) is 9.69 Å². The van der Waals surface area contributed by atoms with Gasteiger partial charge in [-0.05, 0) is 68.0 Å². The lowest BCUT2D eigenvalue weighted by Crippen LogP contribution is -2.54. The van der Waals surface area contributed by atoms with Gasteiger partial charge in [-0.2, -0.15) is 0 Å². The number of nitrogens with two attached hydrogens (primary N) is 1. The van der Waals surface area contributed by atoms with Crippen molar-refractivity contribution in [1.29, 1.82) is 0 Å². The molecular weight excluding hydrogens is 546 g/mol. The largest absolute Gasteiger partial charge is 0.383 e. The van der Waals surface area contributed by atoms with Crippen LogP contribution in [0.2, 0.25) is 5.02 Å². The molecule has 0 atom stereocenters. The van der Waals surface area contributed by atoms with E-state index in [-0.39, 0.29) is 5.91 Å². The molecule has 2 fully saturated rings. The predicted octanol–water partition coefficient (Wildman–Crippen LogP) is 5.98. The Labute approximate surface area is 250 Å². The maximum absolute atomic E-state index is 12.5. The number of anilines is 1. The summed E-state index contributed by atoms with van der Waals surface area (Å²) in [6, 6.07) is 17.5. The summed E-state index contributed by atoms with van der Waals surface area (Å²) in [6.07, 6.45) is 10.2. The first kappa shape index (κ1) is 27.0. The number of halogens is 1. The van der Waals surface area contributed by atoms with Crippen molar-refractivity contribution in [2.75, 3.05) is 31.9 Å². The van der Waals surface area contributed by atoms with Crippen LogP contribution in [0, 0.1) is 0 Å². The second-order valence-corrected chi connectivity index (χ2v) is 12.0. The standard InChI is InChI=1S/C33H36ClN7O/c1-2-38-15-16-39(20-30(38)42)25-8-10-26(11-9-25)41-19-27(31-32(35)36-21-37-33(31)41)22-7-12-29-23(17-22)13-14-40(29)18-24-5-3-4-6-28(24)34/h3-7,12-14,17,19,21,25-26H,2,8-11,15-16,18,20H2,1H3,(H2,35,36,37)/t25-,26+. The van der Waals surface area contributed by atoms with Crippen LogP contribution in [0.1, 0.15) is 44.2 Å². The SMILES string of the molecule is CCN1CCN([C@H]2CC[C@@H](n3cc(-c4ccc5c(ccn5Cc5ccccc5Cl)c4)c4c(N)ncnc43)CC2)CC1=O. The van der Waals surface area contributed by atoms with Crippen LogP contribution < -0.4 is 5.73 Å². The minimum absolute atomic E-state index is 0.260. The summed E-state index contributed by atoms with van der Waals surface area (Å²) < 4.78 is 4.56. The van der Waals surface area contributed by atoms with E-state index in [1.54, 1.807) is 6.33 Å². The summed E-state index contributed by atoms with van der Waals surface area (Å²) in [6.45, 7) is 5.93. The molecule has 4 heterocycles. The van der Waals surface area contributed by atoms with Gasteiger partial charge in [0, 0.05) is 72.1 Å². The normalized spacial score (nSPS) is 20.1. The highest BCUT2D eigenvalue weighted by atomic mass is 35.5. The lowest BCUT2D eigenvalue weighted by molar-refractivity contribution is -0.137. The number of aromatic nitrogens is 4. The highest BCUT2D eigenvalue weighted by Crippen LogP contribution is 2.39. The van der Waals surface area contributed by atoms with Gasteiger partial charge in [-0.25, -0.2) is 9.97 Å². The molecule has 2 aliphatic rings. The van der Waals surface area contributed by atoms with E-state index in [9.17, 15) is 4.79 Å². The van der Waals surface area contributed by atoms with E-state index >= 15 is 0 Å². The predicted molar refractivity (Wildman–Crippen MR) is 169 cm³/mol. The number of nitrogen functional groups attached to an aromatic ring is 1. The van der Waals surface area contributed by atoms with E-state index < -0.39 is 0 Å². The van der Waals surface area contributed by atoms with Gasteiger partial charge >= 0.3 is 0 Å². The van der Waals surface area contributed by atoms with Gasteiger partial charge in [0.2, 0.25) is 5.91 Å². The van der Waals surface area contributed by atoms with E-state index in [2.05, 4.69) is 68.7 Å². The smallest absolute Gasteiger partial charge is 0.236 e. The number of rotatable bonds is 6. The van der Waals surface area contributed by atoms with Crippen molar-refractivity contribution in [2.24, 2.45) is 0 Å². The molecule has 216 valence electrons. The van der Waals surface area contributed by atoms with Crippen LogP contribution in [0.15, 0.2) is 67.3 Å². The maximum atomic E-state index is 12.5. The summed E-state index contributed by atoms with van der Waals surface area (Å²) >= 11 is 6.44. The van der Waals surface area contributed by atoms with Gasteiger partial charge < -0.3 is 19.8 Å². The molecular formula is C33H36ClN7O. The molecule has 1 amide bonds. The van der Waals surface area contributed by atoms with Crippen molar-refractivity contribution in [3.8, 4) is 11.1 Å². The number of benzene rings is 2. The second-order valence-electron chi connectivity index (χ2n) is 11.6. The summed E-state index contributed by atoms with van der Waals surface area (Å²) in [5.74, 6) is 0.765. The average Bonchev–Trinajstić information content (AvgIpc) is 3.60. The first-order valence-corrected chi connectivity index (χ1v) is 15.3. The summed E-state index contributed by atoms with van der Waals surface area (Å²) in [5, 5.41) is 2.85. The third-order valence-electron chi connectivity index (χ3n) is 9.33. The van der Waals surface area contributed by atoms with Crippen molar-refractivity contribution in [3.05, 3.63) is 77.8 Å². The Morgan fingerprint density at radius 3 is 2.60 bits per heavy atom. The molecule has 2 N–H and O–H groups in total. The van der Waals surface area contributed by atoms with Crippen LogP contribution in [0.25, 0.3) is 33.1 Å². The lowest BCUT2D eigenvalue weighted by atomic mass is 9.89. The number of carbonyl (C=O) groups is 1. The Balaban J connectivity index is 1.15. The third-order valence-corrected chi connectivity index (χ3v) is 9.69. The van der Waals surface area contributed by atoms with Crippen molar-refractivity contribution in [2.45, 2.75) is 51.2 Å². The molecule has 3 aromatic heterocycles. The Hall–Kier alpha value is -3.88. The number of likely N-dealkylation sites (N-methyl/N-ethyl adjacent to an activating group) is 1. The molecule has 5 aromatic rings. The Kier molecular flexibility index (Phi) is 7.12. The first-order valence-electron chi connectivity index (χ1n) is 15.0. The van der Waals surface area contributed by atoms with Gasteiger partial charge in [0.15, 0.2) is 0 Å². The molecule has 0 bridgehead atoms. The molecule has 42 heavy (non-hydrogen) atoms. The molecule has 1 saturated heterocycles. The van der Waals surface area contributed by atoms with E-state index in [0.717, 1.165) is 89.0 Å². The molecule has 8 nitrogen and oxygen atoms in total. The first-order chi connectivity index (χ1) is 20.5. The minimum Gasteiger partial charge on any atom is -0.383 e. The van der Waals surface area contributed by atoms with Gasteiger partial charge in [0.05, 0.1) is 11.9 Å². The van der Waals surface area contributed by atoms with Gasteiger partial charge in [0.1, 0.15) is 17.8 Å². The van der Waals surface area contributed by atoms with E-state index in [1.807, 2.05) is 23.1 Å². The molecule has 0 radical (unpaired) electrons. The van der Waals surface area contributed by atoms with E-state index in [4.69, 9.17) is 22.3 Å². The number of amides is 1. The van der Waals surface area contributed by atoms with Crippen LogP contribution in [-0.4, -0.2) is 67.0 Å². The lowest BCUT2D eigenvalue weighted by Gasteiger charge is -2.41. The maximum Gasteiger partial charge on any atom is 0.236 e. The zero-order valence-corrected chi connectivity index (χ0v) is 24.7. The van der Waals surface area contributed by atoms with Crippen LogP contribution in [0.3, 0.4) is 0 Å². The topological polar surface area (TPSA) is 85.2 Å². The fourth-order valence-corrected chi connectivity index (χ4v) is 7.19. The zero-order chi connectivity index (χ0) is 28.8. The molecule has 1 aliphatic carbocycles. The average molecular weight is 582 g/mol. The molecule has 0 unspecified atom stereocenters. The molecule has 9 heteroatoms. The number of carbonyl (C=O) groups excluding carboxylic acids is 1. The van der Waals surface area contributed by atoms with Crippen LogP contribution in [0.5, 0.6) is 0 Å². The highest BCUT2D eigenvalue weighted by Gasteiger charge is 2.32. The Morgan fingerprint density at radius 1 is 1.00 bits per heavy atom. The summed E-state index contributed by atoms with van der Waals surface area (Å²) in [4.78, 5) is 25.9. The van der Waals surface area contributed by atoms with Crippen molar-refractivity contribution < 1.29 is 4.79 Å².